The zero-order valence-corrected chi connectivity index (χ0v) is 14.4. The van der Waals surface area contributed by atoms with Crippen LogP contribution in [0.3, 0.4) is 0 Å². The highest BCUT2D eigenvalue weighted by atomic mass is 16.6. The molecule has 3 fully saturated rings. The Morgan fingerprint density at radius 3 is 2.64 bits per heavy atom. The van der Waals surface area contributed by atoms with Crippen LogP contribution in [-0.2, 0) is 19.2 Å². The van der Waals surface area contributed by atoms with Crippen molar-refractivity contribution in [3.8, 4) is 0 Å². The van der Waals surface area contributed by atoms with E-state index >= 15 is 0 Å². The first kappa shape index (κ1) is 16.8. The molecule has 4 aliphatic rings. The molecule has 144 valence electrons. The molecule has 10 heteroatoms. The fourth-order valence-corrected chi connectivity index (χ4v) is 5.50. The number of carboxylic acids is 1. The first-order valence-corrected chi connectivity index (χ1v) is 8.94. The molecule has 2 aliphatic heterocycles. The van der Waals surface area contributed by atoms with Crippen LogP contribution in [0.25, 0.3) is 0 Å². The molecule has 2 bridgehead atoms. The summed E-state index contributed by atoms with van der Waals surface area (Å²) in [5.74, 6) is -3.93. The molecule has 28 heavy (non-hydrogen) atoms. The van der Waals surface area contributed by atoms with Gasteiger partial charge in [-0.2, -0.15) is 0 Å². The molecular weight excluding hydrogens is 370 g/mol. The third kappa shape index (κ3) is 2.08. The summed E-state index contributed by atoms with van der Waals surface area (Å²) in [5, 5.41) is 24.2. The minimum Gasteiger partial charge on any atom is -0.480 e. The zero-order valence-electron chi connectivity index (χ0n) is 14.4. The number of rotatable bonds is 4. The lowest BCUT2D eigenvalue weighted by Gasteiger charge is -2.29. The molecule has 6 atom stereocenters. The molecule has 1 aromatic rings. The Balaban J connectivity index is 1.47. The smallest absolute Gasteiger partial charge is 0.323 e. The quantitative estimate of drug-likeness (QED) is 0.456. The second kappa shape index (κ2) is 5.60. The van der Waals surface area contributed by atoms with E-state index in [9.17, 15) is 24.5 Å². The highest BCUT2D eigenvalue weighted by molar-refractivity contribution is 6.10. The van der Waals surface area contributed by atoms with E-state index in [1.807, 2.05) is 0 Å². The number of carbonyl (C=O) groups excluding carboxylic acids is 2. The minimum atomic E-state index is -1.23. The molecule has 1 N–H and O–H groups in total. The van der Waals surface area contributed by atoms with Crippen molar-refractivity contribution in [2.24, 2.45) is 34.7 Å². The maximum atomic E-state index is 12.8. The van der Waals surface area contributed by atoms with Gasteiger partial charge in [0.1, 0.15) is 12.6 Å². The minimum absolute atomic E-state index is 0.0653. The van der Waals surface area contributed by atoms with Crippen LogP contribution >= 0.6 is 0 Å². The lowest BCUT2D eigenvalue weighted by Crippen LogP contribution is -2.41. The number of benzene rings is 1. The highest BCUT2D eigenvalue weighted by Crippen LogP contribution is 2.61. The molecule has 10 nitrogen and oxygen atoms in total. The fraction of sp³-hybridized carbons (Fsp3) is 0.444. The van der Waals surface area contributed by atoms with Crippen LogP contribution in [0, 0.1) is 39.7 Å². The number of oxime groups is 1. The maximum Gasteiger partial charge on any atom is 0.323 e. The van der Waals surface area contributed by atoms with Crippen LogP contribution in [0.15, 0.2) is 29.4 Å². The molecule has 0 radical (unpaired) electrons. The lowest BCUT2D eigenvalue weighted by molar-refractivity contribution is -0.384. The number of nitro groups is 1. The Kier molecular flexibility index (Phi) is 3.37. The molecule has 2 aliphatic carbocycles. The number of fused-ring (bicyclic) bond motifs is 8. The van der Waals surface area contributed by atoms with Gasteiger partial charge in [-0.1, -0.05) is 17.3 Å². The Morgan fingerprint density at radius 2 is 1.96 bits per heavy atom. The van der Waals surface area contributed by atoms with Crippen molar-refractivity contribution in [3.63, 3.8) is 0 Å². The van der Waals surface area contributed by atoms with Crippen molar-refractivity contribution in [1.82, 2.24) is 4.90 Å². The van der Waals surface area contributed by atoms with Gasteiger partial charge in [-0.05, 0) is 12.3 Å². The van der Waals surface area contributed by atoms with Gasteiger partial charge >= 0.3 is 5.97 Å². The lowest BCUT2D eigenvalue weighted by atomic mass is 9.71. The number of nitrogens with zero attached hydrogens (tertiary/aromatic N) is 3. The van der Waals surface area contributed by atoms with Crippen molar-refractivity contribution < 1.29 is 29.3 Å². The van der Waals surface area contributed by atoms with Crippen LogP contribution in [-0.4, -0.2) is 51.1 Å². The van der Waals surface area contributed by atoms with Gasteiger partial charge in [-0.25, -0.2) is 0 Å². The number of carboxylic acid groups (broad SMARTS) is 1. The van der Waals surface area contributed by atoms with Gasteiger partial charge in [0.05, 0.1) is 22.5 Å². The predicted molar refractivity (Wildman–Crippen MR) is 90.9 cm³/mol. The van der Waals surface area contributed by atoms with E-state index in [0.717, 1.165) is 4.90 Å². The van der Waals surface area contributed by atoms with Crippen molar-refractivity contribution in [2.75, 3.05) is 6.54 Å². The SMILES string of the molecule is O=C(O)CN1C(=O)[C@@H]2[C@H]3C[C@@H]([C@H]4C(c5cccc([N+](=O)[O-])c5)=NO[C@@H]34)[C@H]2C1=O. The zero-order chi connectivity index (χ0) is 19.7. The summed E-state index contributed by atoms with van der Waals surface area (Å²) in [7, 11) is 0. The standard InChI is InChI=1S/C18H15N3O7/c22-11(23)6-20-17(24)12-9-5-10(13(12)18(20)25)16-14(9)15(19-28-16)7-2-1-3-8(4-7)21(26)27/h1-4,9-10,12-14,16H,5-6H2,(H,22,23)/t9-,10-,12-,13-,14+,16+/m1/s1. The molecule has 2 saturated carbocycles. The molecule has 1 aromatic carbocycles. The molecule has 2 amide bonds. The molecule has 1 saturated heterocycles. The van der Waals surface area contributed by atoms with Gasteiger partial charge in [-0.15, -0.1) is 0 Å². The van der Waals surface area contributed by atoms with Crippen LogP contribution in [0.1, 0.15) is 12.0 Å². The van der Waals surface area contributed by atoms with Gasteiger partial charge < -0.3 is 9.94 Å². The maximum absolute atomic E-state index is 12.8. The van der Waals surface area contributed by atoms with Gasteiger partial charge in [0.25, 0.3) is 5.69 Å². The van der Waals surface area contributed by atoms with E-state index in [1.54, 1.807) is 12.1 Å². The number of nitro benzene ring substituents is 1. The van der Waals surface area contributed by atoms with E-state index in [1.165, 1.54) is 12.1 Å². The highest BCUT2D eigenvalue weighted by Gasteiger charge is 2.70. The fourth-order valence-electron chi connectivity index (χ4n) is 5.50. The number of hydrogen-bond donors (Lipinski definition) is 1. The molecule has 5 rings (SSSR count). The number of imide groups is 1. The van der Waals surface area contributed by atoms with Crippen molar-refractivity contribution in [3.05, 3.63) is 39.9 Å². The Bertz CT molecular complexity index is 974. The summed E-state index contributed by atoms with van der Waals surface area (Å²) < 4.78 is 0. The number of non-ortho nitro benzene ring substituents is 1. The van der Waals surface area contributed by atoms with E-state index < -0.39 is 41.1 Å². The largest absolute Gasteiger partial charge is 0.480 e. The molecule has 0 spiro atoms. The molecule has 0 aromatic heterocycles. The van der Waals surface area contributed by atoms with Gasteiger partial charge in [0, 0.05) is 29.5 Å². The Morgan fingerprint density at radius 1 is 1.25 bits per heavy atom. The van der Waals surface area contributed by atoms with Crippen molar-refractivity contribution in [1.29, 1.82) is 0 Å². The third-order valence-electron chi connectivity index (χ3n) is 6.43. The summed E-state index contributed by atoms with van der Waals surface area (Å²) in [5.41, 5.74) is 1.05. The number of likely N-dealkylation sites (tertiary alicyclic amines) is 1. The van der Waals surface area contributed by atoms with Crippen LogP contribution in [0.2, 0.25) is 0 Å². The van der Waals surface area contributed by atoms with E-state index in [0.29, 0.717) is 17.7 Å². The third-order valence-corrected chi connectivity index (χ3v) is 6.43. The van der Waals surface area contributed by atoms with Crippen molar-refractivity contribution >= 4 is 29.2 Å². The summed E-state index contributed by atoms with van der Waals surface area (Å²) >= 11 is 0. The van der Waals surface area contributed by atoms with E-state index in [2.05, 4.69) is 5.16 Å². The average molecular weight is 385 g/mol. The second-order valence-corrected chi connectivity index (χ2v) is 7.65. The van der Waals surface area contributed by atoms with Crippen LogP contribution in [0.5, 0.6) is 0 Å². The first-order valence-electron chi connectivity index (χ1n) is 8.94. The van der Waals surface area contributed by atoms with Gasteiger partial charge in [0.2, 0.25) is 11.8 Å². The van der Waals surface area contributed by atoms with Gasteiger partial charge in [0.15, 0.2) is 0 Å². The summed E-state index contributed by atoms with van der Waals surface area (Å²) in [4.78, 5) is 53.5. The van der Waals surface area contributed by atoms with Gasteiger partial charge in [-0.3, -0.25) is 29.4 Å². The summed E-state index contributed by atoms with van der Waals surface area (Å²) in [6.45, 7) is -0.633. The topological polar surface area (TPSA) is 139 Å². The van der Waals surface area contributed by atoms with E-state index in [-0.39, 0.29) is 29.5 Å². The Labute approximate surface area is 157 Å². The number of amides is 2. The number of aliphatic carboxylic acids is 1. The number of carbonyl (C=O) groups is 3. The van der Waals surface area contributed by atoms with E-state index in [4.69, 9.17) is 9.94 Å². The number of hydrogen-bond acceptors (Lipinski definition) is 7. The average Bonchev–Trinajstić information content (AvgIpc) is 3.38. The monoisotopic (exact) mass is 385 g/mol. The second-order valence-electron chi connectivity index (χ2n) is 7.65. The molecular formula is C18H15N3O7. The molecule has 2 heterocycles. The predicted octanol–water partition coefficient (Wildman–Crippen LogP) is 0.649. The summed E-state index contributed by atoms with van der Waals surface area (Å²) in [6.07, 6.45) is 0.249. The Hall–Kier alpha value is -3.30. The normalized spacial score (nSPS) is 34.9. The van der Waals surface area contributed by atoms with Crippen LogP contribution in [0.4, 0.5) is 5.69 Å². The van der Waals surface area contributed by atoms with Crippen molar-refractivity contribution in [2.45, 2.75) is 12.5 Å². The summed E-state index contributed by atoms with van der Waals surface area (Å²) in [6, 6.07) is 6.08. The molecule has 0 unspecified atom stereocenters. The first-order chi connectivity index (χ1) is 13.4. The van der Waals surface area contributed by atoms with Crippen LogP contribution < -0.4 is 0 Å².